The van der Waals surface area contributed by atoms with Crippen LogP contribution in [0.4, 0.5) is 37.6 Å². The van der Waals surface area contributed by atoms with Crippen LogP contribution in [-0.4, -0.2) is 127 Å². The maximum Gasteiger partial charge on any atom is 0.251 e. The molecule has 4 aliphatic heterocycles. The monoisotopic (exact) mass is 915 g/mol. The number of aliphatic hydroxyl groups is 1. The molecule has 354 valence electrons. The summed E-state index contributed by atoms with van der Waals surface area (Å²) in [5, 5.41) is 18.8. The molecule has 2 aromatic carbocycles. The molecule has 5 heterocycles. The van der Waals surface area contributed by atoms with Gasteiger partial charge in [-0.1, -0.05) is 19.8 Å². The van der Waals surface area contributed by atoms with Crippen molar-refractivity contribution in [1.82, 2.24) is 25.5 Å². The number of hydrogen-bond donors (Lipinski definition) is 4. The lowest BCUT2D eigenvalue weighted by Crippen LogP contribution is -2.66. The van der Waals surface area contributed by atoms with Gasteiger partial charge in [0.1, 0.15) is 29.1 Å². The van der Waals surface area contributed by atoms with Crippen molar-refractivity contribution in [2.75, 3.05) is 74.1 Å². The summed E-state index contributed by atoms with van der Waals surface area (Å²) in [5.41, 5.74) is 0.414. The van der Waals surface area contributed by atoms with Crippen molar-refractivity contribution in [2.45, 2.75) is 107 Å². The number of methoxy groups -OCH3 is 2. The standard InChI is InChI=1S/C47H59F2N9O8/c1-5-35-45(64)55(2)36-25-50-46(53-41(36)58(35)29-8-6-7-9-29)51-34-12-10-28(22-37(34)65-3)42(61)54-47(17-21-59)16-20-57(26-38(47)66-4)44(63)27-14-18-56(19-15-27)30-23-32(48)40(33(49)24-30)31-11-13-39(60)52-43(31)62/h10,12,22-25,27,29,31,35,38,59H,5-9,11,13-21,26H2,1-4H3,(H,54,61)(H,50,51,53)(H,52,60,62)/t31?,35-,38?,47?/m1/s1. The Hall–Kier alpha value is -5.95. The molecule has 1 aliphatic carbocycles. The number of piperidine rings is 3. The third kappa shape index (κ3) is 8.98. The Balaban J connectivity index is 0.909. The highest BCUT2D eigenvalue weighted by Gasteiger charge is 2.47. The number of ether oxygens (including phenoxy) is 2. The Labute approximate surface area is 382 Å². The van der Waals surface area contributed by atoms with Crippen LogP contribution in [0.5, 0.6) is 5.75 Å². The SMILES string of the molecule is CC[C@@H]1C(=O)N(C)c2cnc(Nc3ccc(C(=O)NC4(CCO)CCN(C(=O)C5CCN(c6cc(F)c(C7CCC(=O)NC7=O)c(F)c6)CC5)CC4OC)cc3OC)nc2N1C1CCCC1. The van der Waals surface area contributed by atoms with Gasteiger partial charge in [0.15, 0.2) is 5.82 Å². The molecule has 66 heavy (non-hydrogen) atoms. The summed E-state index contributed by atoms with van der Waals surface area (Å²) >= 11 is 0. The van der Waals surface area contributed by atoms with Gasteiger partial charge in [0.2, 0.25) is 29.6 Å². The highest BCUT2D eigenvalue weighted by atomic mass is 19.1. The molecule has 0 radical (unpaired) electrons. The van der Waals surface area contributed by atoms with E-state index >= 15 is 8.78 Å². The molecule has 4 fully saturated rings. The van der Waals surface area contributed by atoms with Crippen LogP contribution in [0.1, 0.15) is 99.4 Å². The van der Waals surface area contributed by atoms with Gasteiger partial charge in [0.25, 0.3) is 5.91 Å². The lowest BCUT2D eigenvalue weighted by Gasteiger charge is -2.48. The number of fused-ring (bicyclic) bond motifs is 1. The number of carbonyl (C=O) groups is 5. The van der Waals surface area contributed by atoms with E-state index in [1.165, 1.54) is 26.4 Å². The number of aromatic nitrogens is 2. The van der Waals surface area contributed by atoms with E-state index in [1.54, 1.807) is 41.2 Å². The van der Waals surface area contributed by atoms with E-state index < -0.39 is 46.9 Å². The van der Waals surface area contributed by atoms with E-state index in [0.29, 0.717) is 85.5 Å². The van der Waals surface area contributed by atoms with Crippen molar-refractivity contribution in [3.8, 4) is 5.75 Å². The first kappa shape index (κ1) is 46.6. The van der Waals surface area contributed by atoms with Crippen LogP contribution in [0, 0.1) is 17.6 Å². The lowest BCUT2D eigenvalue weighted by molar-refractivity contribution is -0.143. The van der Waals surface area contributed by atoms with E-state index in [4.69, 9.17) is 14.5 Å². The molecule has 1 aromatic heterocycles. The molecule has 5 aliphatic rings. The fourth-order valence-corrected chi connectivity index (χ4v) is 10.6. The molecule has 4 atom stereocenters. The smallest absolute Gasteiger partial charge is 0.251 e. The van der Waals surface area contributed by atoms with Gasteiger partial charge in [-0.25, -0.2) is 13.8 Å². The van der Waals surface area contributed by atoms with E-state index in [0.717, 1.165) is 25.7 Å². The summed E-state index contributed by atoms with van der Waals surface area (Å²) in [6.07, 6.45) is 7.21. The van der Waals surface area contributed by atoms with Crippen LogP contribution in [-0.2, 0) is 23.9 Å². The van der Waals surface area contributed by atoms with Gasteiger partial charge < -0.3 is 44.8 Å². The van der Waals surface area contributed by atoms with Crippen molar-refractivity contribution in [3.63, 3.8) is 0 Å². The van der Waals surface area contributed by atoms with Gasteiger partial charge in [-0.2, -0.15) is 4.98 Å². The number of likely N-dealkylation sites (N-methyl/N-ethyl adjacent to an activating group) is 1. The molecule has 5 amide bonds. The van der Waals surface area contributed by atoms with Crippen molar-refractivity contribution in [2.24, 2.45) is 5.92 Å². The molecule has 17 nitrogen and oxygen atoms in total. The first-order valence-corrected chi connectivity index (χ1v) is 23.0. The average Bonchev–Trinajstić information content (AvgIpc) is 3.85. The van der Waals surface area contributed by atoms with Crippen LogP contribution in [0.2, 0.25) is 0 Å². The number of likely N-dealkylation sites (tertiary alicyclic amines) is 1. The fraction of sp³-hybridized carbons (Fsp3) is 0.553. The van der Waals surface area contributed by atoms with Gasteiger partial charge >= 0.3 is 0 Å². The van der Waals surface area contributed by atoms with Gasteiger partial charge in [-0.3, -0.25) is 29.3 Å². The quantitative estimate of drug-likeness (QED) is 0.175. The second kappa shape index (κ2) is 19.5. The number of anilines is 5. The molecular weight excluding hydrogens is 857 g/mol. The minimum atomic E-state index is -1.09. The van der Waals surface area contributed by atoms with E-state index in [1.807, 2.05) is 11.8 Å². The van der Waals surface area contributed by atoms with E-state index in [2.05, 4.69) is 25.8 Å². The summed E-state index contributed by atoms with van der Waals surface area (Å²) in [7, 11) is 4.76. The van der Waals surface area contributed by atoms with Crippen molar-refractivity contribution in [3.05, 3.63) is 59.3 Å². The molecule has 0 spiro atoms. The van der Waals surface area contributed by atoms with Crippen molar-refractivity contribution < 1.29 is 47.3 Å². The van der Waals surface area contributed by atoms with Crippen LogP contribution in [0.3, 0.4) is 0 Å². The molecule has 3 aromatic rings. The van der Waals surface area contributed by atoms with E-state index in [9.17, 15) is 29.1 Å². The number of halogens is 2. The van der Waals surface area contributed by atoms with Gasteiger partial charge in [0.05, 0.1) is 36.6 Å². The maximum atomic E-state index is 15.3. The zero-order chi connectivity index (χ0) is 46.9. The number of imide groups is 1. The predicted molar refractivity (Wildman–Crippen MR) is 241 cm³/mol. The number of carbonyl (C=O) groups excluding carboxylic acids is 5. The summed E-state index contributed by atoms with van der Waals surface area (Å²) in [5.74, 6) is -3.45. The molecular formula is C47H59F2N9O8. The van der Waals surface area contributed by atoms with Crippen molar-refractivity contribution in [1.29, 1.82) is 0 Å². The topological polar surface area (TPSA) is 199 Å². The Morgan fingerprint density at radius 2 is 1.73 bits per heavy atom. The fourth-order valence-electron chi connectivity index (χ4n) is 10.6. The van der Waals surface area contributed by atoms with Crippen LogP contribution in [0.15, 0.2) is 36.5 Å². The van der Waals surface area contributed by atoms with Gasteiger partial charge in [-0.05, 0) is 81.7 Å². The number of nitrogens with one attached hydrogen (secondary N) is 3. The zero-order valence-corrected chi connectivity index (χ0v) is 37.9. The normalized spacial score (nSPS) is 24.0. The van der Waals surface area contributed by atoms with E-state index in [-0.39, 0.29) is 67.8 Å². The predicted octanol–water partition coefficient (Wildman–Crippen LogP) is 4.55. The number of nitrogens with zero attached hydrogens (tertiary/aromatic N) is 6. The Kier molecular flexibility index (Phi) is 13.8. The number of aliphatic hydroxyl groups excluding tert-OH is 1. The van der Waals surface area contributed by atoms with Crippen molar-refractivity contribution >= 4 is 58.4 Å². The largest absolute Gasteiger partial charge is 0.495 e. The third-order valence-electron chi connectivity index (χ3n) is 14.3. The first-order chi connectivity index (χ1) is 31.8. The minimum absolute atomic E-state index is 0.000871. The Bertz CT molecular complexity index is 2340. The van der Waals surface area contributed by atoms with Gasteiger partial charge in [0, 0.05) is 82.1 Å². The first-order valence-electron chi connectivity index (χ1n) is 23.0. The average molecular weight is 916 g/mol. The summed E-state index contributed by atoms with van der Waals surface area (Å²) in [6.45, 7) is 2.98. The molecule has 19 heteroatoms. The Morgan fingerprint density at radius 3 is 2.38 bits per heavy atom. The molecule has 4 N–H and O–H groups in total. The second-order valence-electron chi connectivity index (χ2n) is 18.0. The maximum absolute atomic E-state index is 15.3. The number of hydrogen-bond acceptors (Lipinski definition) is 13. The molecule has 3 unspecified atom stereocenters. The number of rotatable bonds is 13. The highest BCUT2D eigenvalue weighted by molar-refractivity contribution is 6.04. The minimum Gasteiger partial charge on any atom is -0.495 e. The second-order valence-corrected chi connectivity index (χ2v) is 18.0. The van der Waals surface area contributed by atoms with Crippen LogP contribution in [0.25, 0.3) is 0 Å². The Morgan fingerprint density at radius 1 is 1.00 bits per heavy atom. The third-order valence-corrected chi connectivity index (χ3v) is 14.3. The molecule has 8 rings (SSSR count). The highest BCUT2D eigenvalue weighted by Crippen LogP contribution is 2.41. The number of benzene rings is 2. The molecule has 1 saturated carbocycles. The molecule has 0 bridgehead atoms. The van der Waals surface area contributed by atoms with Crippen LogP contribution < -0.4 is 35.4 Å². The van der Waals surface area contributed by atoms with Gasteiger partial charge in [-0.15, -0.1) is 0 Å². The lowest BCUT2D eigenvalue weighted by atomic mass is 9.80. The summed E-state index contributed by atoms with van der Waals surface area (Å²) in [6, 6.07) is 7.26. The van der Waals surface area contributed by atoms with Crippen LogP contribution >= 0.6 is 0 Å². The zero-order valence-electron chi connectivity index (χ0n) is 37.9. The molecule has 3 saturated heterocycles. The summed E-state index contributed by atoms with van der Waals surface area (Å²) in [4.78, 5) is 82.1. The summed E-state index contributed by atoms with van der Waals surface area (Å²) < 4.78 is 42.3. The number of amides is 5.